The monoisotopic (exact) mass is 825 g/mol. The second-order valence-electron chi connectivity index (χ2n) is 15.1. The molecule has 0 saturated heterocycles. The van der Waals surface area contributed by atoms with E-state index in [1.165, 1.54) is 14.2 Å². The number of rotatable bonds is 14. The molecule has 0 aliphatic carbocycles. The SMILES string of the molecule is CNc1cc(OCc2cc(COc3cc4c(cc3OC)C(=O)N3c5ccccc5C[C@H]3C=N4)cc(NC(=O)CC[C@@H](C)S)c2)c(OC)cc1C(=O)N1CCc2ccccc21. The third-order valence-electron chi connectivity index (χ3n) is 11.0. The van der Waals surface area contributed by atoms with E-state index in [1.54, 1.807) is 41.1 Å². The second kappa shape index (κ2) is 17.4. The molecule has 0 spiro atoms. The van der Waals surface area contributed by atoms with Crippen molar-refractivity contribution >= 4 is 65.0 Å². The van der Waals surface area contributed by atoms with Gasteiger partial charge in [0.15, 0.2) is 23.0 Å². The highest BCUT2D eigenvalue weighted by atomic mass is 32.1. The van der Waals surface area contributed by atoms with Crippen molar-refractivity contribution in [2.24, 2.45) is 4.99 Å². The average molecular weight is 826 g/mol. The van der Waals surface area contributed by atoms with Gasteiger partial charge in [0.2, 0.25) is 5.91 Å². The molecular formula is C47H47N5O7S. The van der Waals surface area contributed by atoms with Crippen molar-refractivity contribution in [1.82, 2.24) is 0 Å². The first-order valence-electron chi connectivity index (χ1n) is 20.0. The molecule has 8 rings (SSSR count). The van der Waals surface area contributed by atoms with E-state index in [1.807, 2.05) is 79.9 Å². The maximum absolute atomic E-state index is 13.9. The summed E-state index contributed by atoms with van der Waals surface area (Å²) in [5.74, 6) is 1.21. The van der Waals surface area contributed by atoms with Crippen molar-refractivity contribution in [3.63, 3.8) is 0 Å². The number of thiol groups is 1. The zero-order valence-corrected chi connectivity index (χ0v) is 34.9. The Morgan fingerprint density at radius 2 is 1.52 bits per heavy atom. The lowest BCUT2D eigenvalue weighted by molar-refractivity contribution is -0.116. The minimum absolute atomic E-state index is 0.0768. The fourth-order valence-electron chi connectivity index (χ4n) is 7.99. The first kappa shape index (κ1) is 40.3. The first-order chi connectivity index (χ1) is 29.1. The molecule has 3 aliphatic rings. The molecular weight excluding hydrogens is 779 g/mol. The van der Waals surface area contributed by atoms with E-state index >= 15 is 0 Å². The van der Waals surface area contributed by atoms with E-state index in [9.17, 15) is 14.4 Å². The number of amides is 3. The fourth-order valence-corrected chi connectivity index (χ4v) is 8.12. The van der Waals surface area contributed by atoms with Gasteiger partial charge >= 0.3 is 0 Å². The van der Waals surface area contributed by atoms with Gasteiger partial charge in [0.05, 0.1) is 42.8 Å². The molecule has 60 heavy (non-hydrogen) atoms. The summed E-state index contributed by atoms with van der Waals surface area (Å²) < 4.78 is 24.2. The molecule has 3 aliphatic heterocycles. The van der Waals surface area contributed by atoms with E-state index in [-0.39, 0.29) is 42.2 Å². The van der Waals surface area contributed by atoms with Crippen LogP contribution in [0.5, 0.6) is 23.0 Å². The Morgan fingerprint density at radius 3 is 2.22 bits per heavy atom. The van der Waals surface area contributed by atoms with Gasteiger partial charge in [-0.2, -0.15) is 12.6 Å². The molecule has 5 aromatic carbocycles. The Bertz CT molecular complexity index is 2500. The van der Waals surface area contributed by atoms with Gasteiger partial charge in [-0.05, 0) is 82.8 Å². The Kier molecular flexibility index (Phi) is 11.7. The van der Waals surface area contributed by atoms with Gasteiger partial charge in [0.25, 0.3) is 11.8 Å². The van der Waals surface area contributed by atoms with Gasteiger partial charge in [-0.25, -0.2) is 0 Å². The minimum Gasteiger partial charge on any atom is -0.493 e. The molecule has 13 heteroatoms. The summed E-state index contributed by atoms with van der Waals surface area (Å²) >= 11 is 4.43. The summed E-state index contributed by atoms with van der Waals surface area (Å²) in [5, 5.41) is 6.26. The number of anilines is 4. The van der Waals surface area contributed by atoms with Crippen LogP contribution in [0.4, 0.5) is 28.4 Å². The molecule has 0 bridgehead atoms. The number of hydrogen-bond acceptors (Lipinski definition) is 10. The van der Waals surface area contributed by atoms with Gasteiger partial charge in [-0.3, -0.25) is 24.3 Å². The number of para-hydroxylation sites is 2. The van der Waals surface area contributed by atoms with Crippen molar-refractivity contribution in [3.05, 3.63) is 124 Å². The topological polar surface area (TPSA) is 131 Å². The summed E-state index contributed by atoms with van der Waals surface area (Å²) in [5.41, 5.74) is 8.08. The standard InChI is InChI=1S/C47H47N5O7S/c1-28(60)13-14-45(53)50-33-18-29(26-58-43-23-37(48-2)35(21-41(43)56-3)46(54)51-16-15-31-9-5-7-11-39(31)51)17-30(19-33)27-59-44-24-38-36(22-42(44)57-4)47(55)52-34(25-49-38)20-32-10-6-8-12-40(32)52/h5-12,17-19,21-25,28,34,48,60H,13-16,20,26-27H2,1-4H3,(H,50,53)/t28-,34+/m1/s1. The molecule has 2 N–H and O–H groups in total. The summed E-state index contributed by atoms with van der Waals surface area (Å²) in [6.07, 6.45) is 4.24. The Balaban J connectivity index is 1.04. The molecule has 0 radical (unpaired) electrons. The zero-order valence-electron chi connectivity index (χ0n) is 34.0. The number of hydrogen-bond donors (Lipinski definition) is 3. The van der Waals surface area contributed by atoms with Gasteiger partial charge in [0, 0.05) is 61.8 Å². The molecule has 308 valence electrons. The van der Waals surface area contributed by atoms with E-state index in [0.29, 0.717) is 77.0 Å². The highest BCUT2D eigenvalue weighted by Crippen LogP contribution is 2.42. The molecule has 0 fully saturated rings. The van der Waals surface area contributed by atoms with E-state index in [4.69, 9.17) is 23.9 Å². The molecule has 2 atom stereocenters. The summed E-state index contributed by atoms with van der Waals surface area (Å²) in [6.45, 7) is 2.75. The molecule has 0 saturated carbocycles. The summed E-state index contributed by atoms with van der Waals surface area (Å²) in [6, 6.07) is 28.2. The van der Waals surface area contributed by atoms with Gasteiger partial charge in [-0.1, -0.05) is 43.3 Å². The molecule has 5 aromatic rings. The van der Waals surface area contributed by atoms with Crippen LogP contribution in [0.25, 0.3) is 0 Å². The van der Waals surface area contributed by atoms with Crippen LogP contribution in [0.3, 0.4) is 0 Å². The number of benzene rings is 5. The maximum Gasteiger partial charge on any atom is 0.261 e. The van der Waals surface area contributed by atoms with Crippen LogP contribution in [0.15, 0.2) is 96.0 Å². The third kappa shape index (κ3) is 8.22. The number of nitrogens with one attached hydrogen (secondary N) is 2. The summed E-state index contributed by atoms with van der Waals surface area (Å²) in [4.78, 5) is 49.1. The lowest BCUT2D eigenvalue weighted by Gasteiger charge is -2.22. The van der Waals surface area contributed by atoms with Gasteiger partial charge in [-0.15, -0.1) is 0 Å². The predicted molar refractivity (Wildman–Crippen MR) is 238 cm³/mol. The van der Waals surface area contributed by atoms with Crippen molar-refractivity contribution < 1.29 is 33.3 Å². The van der Waals surface area contributed by atoms with Crippen LogP contribution in [0.2, 0.25) is 0 Å². The Hall–Kier alpha value is -6.47. The number of fused-ring (bicyclic) bond motifs is 5. The molecule has 0 aromatic heterocycles. The molecule has 3 heterocycles. The number of aliphatic imine (C=N–C) groups is 1. The third-order valence-corrected chi connectivity index (χ3v) is 11.2. The normalized spacial score (nSPS) is 15.3. The highest BCUT2D eigenvalue weighted by molar-refractivity contribution is 7.80. The smallest absolute Gasteiger partial charge is 0.261 e. The fraction of sp³-hybridized carbons (Fsp3) is 0.277. The molecule has 0 unspecified atom stereocenters. The van der Waals surface area contributed by atoms with Crippen LogP contribution in [-0.2, 0) is 30.8 Å². The van der Waals surface area contributed by atoms with Crippen LogP contribution in [0, 0.1) is 0 Å². The minimum atomic E-state index is -0.189. The van der Waals surface area contributed by atoms with Crippen molar-refractivity contribution in [1.29, 1.82) is 0 Å². The molecule has 12 nitrogen and oxygen atoms in total. The van der Waals surface area contributed by atoms with Crippen LogP contribution < -0.4 is 39.4 Å². The van der Waals surface area contributed by atoms with E-state index < -0.39 is 0 Å². The van der Waals surface area contributed by atoms with Gasteiger partial charge < -0.3 is 34.5 Å². The number of methoxy groups -OCH3 is 2. The van der Waals surface area contributed by atoms with Crippen molar-refractivity contribution in [2.75, 3.05) is 48.2 Å². The number of ether oxygens (including phenoxy) is 4. The van der Waals surface area contributed by atoms with Crippen LogP contribution >= 0.6 is 12.6 Å². The van der Waals surface area contributed by atoms with E-state index in [0.717, 1.165) is 40.0 Å². The van der Waals surface area contributed by atoms with E-state index in [2.05, 4.69) is 23.3 Å². The predicted octanol–water partition coefficient (Wildman–Crippen LogP) is 8.43. The Morgan fingerprint density at radius 1 is 0.850 bits per heavy atom. The Labute approximate surface area is 354 Å². The second-order valence-corrected chi connectivity index (χ2v) is 15.9. The first-order valence-corrected chi connectivity index (χ1v) is 20.5. The maximum atomic E-state index is 13.9. The average Bonchev–Trinajstić information content (AvgIpc) is 3.83. The number of carbonyl (C=O) groups excluding carboxylic acids is 3. The number of nitrogens with zero attached hydrogens (tertiary/aromatic N) is 3. The quantitative estimate of drug-likeness (QED) is 0.0952. The molecule has 3 amide bonds. The summed E-state index contributed by atoms with van der Waals surface area (Å²) in [7, 11) is 4.84. The van der Waals surface area contributed by atoms with Crippen LogP contribution in [0.1, 0.15) is 62.7 Å². The lowest BCUT2D eigenvalue weighted by atomic mass is 10.1. The van der Waals surface area contributed by atoms with Crippen molar-refractivity contribution in [3.8, 4) is 23.0 Å². The van der Waals surface area contributed by atoms with Crippen LogP contribution in [-0.4, -0.2) is 63.0 Å². The largest absolute Gasteiger partial charge is 0.493 e. The van der Waals surface area contributed by atoms with Crippen molar-refractivity contribution in [2.45, 2.75) is 57.1 Å². The number of carbonyl (C=O) groups is 3. The van der Waals surface area contributed by atoms with Gasteiger partial charge in [0.1, 0.15) is 13.2 Å². The zero-order chi connectivity index (χ0) is 41.9. The highest BCUT2D eigenvalue weighted by Gasteiger charge is 2.36. The lowest BCUT2D eigenvalue weighted by Crippen LogP contribution is -2.37.